The number of likely N-dealkylation sites (tertiary alicyclic amines) is 1. The zero-order chi connectivity index (χ0) is 13.0. The molecule has 18 heavy (non-hydrogen) atoms. The zero-order valence-corrected chi connectivity index (χ0v) is 12.0. The highest BCUT2D eigenvalue weighted by atomic mass is 16.3. The van der Waals surface area contributed by atoms with Crippen LogP contribution in [-0.4, -0.2) is 73.4 Å². The number of aliphatic hydroxyl groups excluding tert-OH is 1. The molecule has 2 unspecified atom stereocenters. The van der Waals surface area contributed by atoms with Gasteiger partial charge in [-0.2, -0.15) is 0 Å². The summed E-state index contributed by atoms with van der Waals surface area (Å²) in [6.07, 6.45) is 6.13. The summed E-state index contributed by atoms with van der Waals surface area (Å²) in [4.78, 5) is 5.07. The summed E-state index contributed by atoms with van der Waals surface area (Å²) >= 11 is 0. The molecule has 0 aromatic heterocycles. The van der Waals surface area contributed by atoms with E-state index in [4.69, 9.17) is 0 Å². The van der Waals surface area contributed by atoms with Crippen LogP contribution in [0.1, 0.15) is 32.1 Å². The van der Waals surface area contributed by atoms with E-state index in [1.807, 2.05) is 7.05 Å². The fourth-order valence-electron chi connectivity index (χ4n) is 3.41. The van der Waals surface area contributed by atoms with Crippen LogP contribution in [0.15, 0.2) is 0 Å². The summed E-state index contributed by atoms with van der Waals surface area (Å²) in [5.41, 5.74) is -0.0213. The number of rotatable bonds is 6. The number of nitrogens with zero attached hydrogens (tertiary/aromatic N) is 2. The molecule has 4 heteroatoms. The van der Waals surface area contributed by atoms with Crippen LogP contribution in [0.2, 0.25) is 0 Å². The quantitative estimate of drug-likeness (QED) is 0.726. The van der Waals surface area contributed by atoms with Gasteiger partial charge in [0.15, 0.2) is 0 Å². The van der Waals surface area contributed by atoms with Gasteiger partial charge in [0.25, 0.3) is 0 Å². The van der Waals surface area contributed by atoms with E-state index >= 15 is 0 Å². The van der Waals surface area contributed by atoms with Crippen LogP contribution in [0, 0.1) is 0 Å². The highest BCUT2D eigenvalue weighted by molar-refractivity contribution is 4.98. The predicted octanol–water partition coefficient (Wildman–Crippen LogP) is 0.517. The fourth-order valence-corrected chi connectivity index (χ4v) is 3.41. The van der Waals surface area contributed by atoms with Crippen molar-refractivity contribution >= 4 is 0 Å². The lowest BCUT2D eigenvalue weighted by molar-refractivity contribution is 0.153. The molecule has 2 N–H and O–H groups in total. The molecule has 4 nitrogen and oxygen atoms in total. The Morgan fingerprint density at radius 2 is 2.11 bits per heavy atom. The summed E-state index contributed by atoms with van der Waals surface area (Å²) in [7, 11) is 4.21. The molecule has 1 heterocycles. The molecular weight excluding hydrogens is 226 g/mol. The molecular formula is C14H29N3O. The van der Waals surface area contributed by atoms with E-state index < -0.39 is 0 Å². The molecule has 0 radical (unpaired) electrons. The molecule has 0 spiro atoms. The summed E-state index contributed by atoms with van der Waals surface area (Å²) in [5, 5.41) is 12.9. The van der Waals surface area contributed by atoms with Crippen LogP contribution in [0.25, 0.3) is 0 Å². The molecule has 1 saturated carbocycles. The molecule has 106 valence electrons. The lowest BCUT2D eigenvalue weighted by atomic mass is 9.99. The summed E-state index contributed by atoms with van der Waals surface area (Å²) in [5.74, 6) is 0. The second-order valence-electron chi connectivity index (χ2n) is 6.11. The first-order valence-electron chi connectivity index (χ1n) is 7.41. The van der Waals surface area contributed by atoms with Gasteiger partial charge >= 0.3 is 0 Å². The van der Waals surface area contributed by atoms with Gasteiger partial charge in [-0.15, -0.1) is 0 Å². The van der Waals surface area contributed by atoms with Gasteiger partial charge in [-0.1, -0.05) is 0 Å². The second kappa shape index (κ2) is 6.33. The monoisotopic (exact) mass is 255 g/mol. The van der Waals surface area contributed by atoms with Crippen LogP contribution < -0.4 is 5.32 Å². The first kappa shape index (κ1) is 14.3. The molecule has 1 aliphatic carbocycles. The van der Waals surface area contributed by atoms with E-state index in [0.29, 0.717) is 6.04 Å². The van der Waals surface area contributed by atoms with E-state index in [1.54, 1.807) is 0 Å². The predicted molar refractivity (Wildman–Crippen MR) is 74.8 cm³/mol. The fraction of sp³-hybridized carbons (Fsp3) is 1.00. The summed E-state index contributed by atoms with van der Waals surface area (Å²) in [6, 6.07) is 0.632. The van der Waals surface area contributed by atoms with Crippen LogP contribution in [0.3, 0.4) is 0 Å². The SMILES string of the molecule is CNC1(CO)CCC(N(C)CCN2CCCC2)C1. The largest absolute Gasteiger partial charge is 0.394 e. The number of likely N-dealkylation sites (N-methyl/N-ethyl adjacent to an activating group) is 2. The molecule has 0 aromatic carbocycles. The summed E-state index contributed by atoms with van der Waals surface area (Å²) in [6.45, 7) is 5.21. The first-order valence-corrected chi connectivity index (χ1v) is 7.41. The molecule has 2 atom stereocenters. The van der Waals surface area contributed by atoms with Crippen molar-refractivity contribution in [3.8, 4) is 0 Å². The van der Waals surface area contributed by atoms with Crippen molar-refractivity contribution in [2.24, 2.45) is 0 Å². The molecule has 2 fully saturated rings. The average molecular weight is 255 g/mol. The Hall–Kier alpha value is -0.160. The highest BCUT2D eigenvalue weighted by Crippen LogP contribution is 2.32. The van der Waals surface area contributed by atoms with E-state index in [1.165, 1.54) is 38.9 Å². The van der Waals surface area contributed by atoms with E-state index in [0.717, 1.165) is 19.4 Å². The lowest BCUT2D eigenvalue weighted by Gasteiger charge is -2.30. The Bertz CT molecular complexity index is 249. The van der Waals surface area contributed by atoms with Crippen LogP contribution in [0.5, 0.6) is 0 Å². The van der Waals surface area contributed by atoms with Crippen molar-refractivity contribution in [3.63, 3.8) is 0 Å². The van der Waals surface area contributed by atoms with Crippen molar-refractivity contribution in [3.05, 3.63) is 0 Å². The van der Waals surface area contributed by atoms with Gasteiger partial charge < -0.3 is 20.2 Å². The van der Waals surface area contributed by atoms with Crippen molar-refractivity contribution in [2.75, 3.05) is 46.9 Å². The maximum Gasteiger partial charge on any atom is 0.0613 e. The van der Waals surface area contributed by atoms with E-state index in [-0.39, 0.29) is 12.1 Å². The van der Waals surface area contributed by atoms with E-state index in [9.17, 15) is 5.11 Å². The van der Waals surface area contributed by atoms with Gasteiger partial charge in [-0.3, -0.25) is 0 Å². The molecule has 0 bridgehead atoms. The van der Waals surface area contributed by atoms with Crippen molar-refractivity contribution < 1.29 is 5.11 Å². The van der Waals surface area contributed by atoms with Crippen molar-refractivity contribution in [1.29, 1.82) is 0 Å². The molecule has 0 amide bonds. The minimum Gasteiger partial charge on any atom is -0.394 e. The first-order chi connectivity index (χ1) is 8.69. The van der Waals surface area contributed by atoms with Gasteiger partial charge in [-0.05, 0) is 59.3 Å². The highest BCUT2D eigenvalue weighted by Gasteiger charge is 2.38. The Labute approximate surface area is 111 Å². The minimum absolute atomic E-state index is 0.0213. The minimum atomic E-state index is -0.0213. The Morgan fingerprint density at radius 3 is 2.67 bits per heavy atom. The summed E-state index contributed by atoms with van der Waals surface area (Å²) < 4.78 is 0. The number of hydrogen-bond donors (Lipinski definition) is 2. The molecule has 2 aliphatic rings. The molecule has 2 rings (SSSR count). The Morgan fingerprint density at radius 1 is 1.39 bits per heavy atom. The smallest absolute Gasteiger partial charge is 0.0613 e. The second-order valence-corrected chi connectivity index (χ2v) is 6.11. The van der Waals surface area contributed by atoms with Crippen LogP contribution >= 0.6 is 0 Å². The van der Waals surface area contributed by atoms with Gasteiger partial charge in [0.05, 0.1) is 6.61 Å². The maximum absolute atomic E-state index is 9.53. The van der Waals surface area contributed by atoms with Gasteiger partial charge in [-0.25, -0.2) is 0 Å². The van der Waals surface area contributed by atoms with Crippen molar-refractivity contribution in [2.45, 2.75) is 43.7 Å². The number of aliphatic hydroxyl groups is 1. The van der Waals surface area contributed by atoms with Gasteiger partial charge in [0.2, 0.25) is 0 Å². The van der Waals surface area contributed by atoms with Crippen LogP contribution in [0.4, 0.5) is 0 Å². The van der Waals surface area contributed by atoms with Gasteiger partial charge in [0, 0.05) is 24.7 Å². The third-order valence-corrected chi connectivity index (χ3v) is 5.01. The molecule has 1 saturated heterocycles. The number of hydrogen-bond acceptors (Lipinski definition) is 4. The average Bonchev–Trinajstić information content (AvgIpc) is 3.06. The molecule has 0 aromatic rings. The molecule has 1 aliphatic heterocycles. The zero-order valence-electron chi connectivity index (χ0n) is 12.0. The lowest BCUT2D eigenvalue weighted by Crippen LogP contribution is -2.46. The van der Waals surface area contributed by atoms with Gasteiger partial charge in [0.1, 0.15) is 0 Å². The maximum atomic E-state index is 9.53. The third kappa shape index (κ3) is 3.23. The Kier molecular flexibility index (Phi) is 5.01. The standard InChI is InChI=1S/C14H29N3O/c1-15-14(12-18)6-5-13(11-14)16(2)9-10-17-7-3-4-8-17/h13,15,18H,3-12H2,1-2H3. The third-order valence-electron chi connectivity index (χ3n) is 5.01. The van der Waals surface area contributed by atoms with E-state index in [2.05, 4.69) is 22.2 Å². The van der Waals surface area contributed by atoms with Crippen LogP contribution in [-0.2, 0) is 0 Å². The normalized spacial score (nSPS) is 33.7. The number of nitrogens with one attached hydrogen (secondary N) is 1. The Balaban J connectivity index is 1.74. The van der Waals surface area contributed by atoms with Crippen molar-refractivity contribution in [1.82, 2.24) is 15.1 Å². The topological polar surface area (TPSA) is 38.7 Å².